The van der Waals surface area contributed by atoms with E-state index in [-0.39, 0.29) is 12.1 Å². The summed E-state index contributed by atoms with van der Waals surface area (Å²) in [5.74, 6) is 0. The number of amides is 1. The Labute approximate surface area is 121 Å². The van der Waals surface area contributed by atoms with Gasteiger partial charge >= 0.3 is 6.09 Å². The third-order valence-electron chi connectivity index (χ3n) is 3.25. The number of ether oxygens (including phenoxy) is 1. The van der Waals surface area contributed by atoms with Crippen molar-refractivity contribution in [2.75, 3.05) is 25.9 Å². The fourth-order valence-electron chi connectivity index (χ4n) is 2.25. The summed E-state index contributed by atoms with van der Waals surface area (Å²) in [7, 11) is 1.38. The van der Waals surface area contributed by atoms with Gasteiger partial charge in [-0.15, -0.1) is 0 Å². The van der Waals surface area contributed by atoms with Crippen LogP contribution in [0.1, 0.15) is 12.0 Å². The number of halogens is 1. The summed E-state index contributed by atoms with van der Waals surface area (Å²) in [6.45, 7) is 2.65. The largest absolute Gasteiger partial charge is 0.453 e. The highest BCUT2D eigenvalue weighted by Crippen LogP contribution is 2.23. The summed E-state index contributed by atoms with van der Waals surface area (Å²) in [5.41, 5.74) is 7.68. The molecule has 1 fully saturated rings. The van der Waals surface area contributed by atoms with Crippen molar-refractivity contribution in [1.82, 2.24) is 10.2 Å². The molecule has 0 bridgehead atoms. The number of benzene rings is 1. The quantitative estimate of drug-likeness (QED) is 0.833. The van der Waals surface area contributed by atoms with E-state index in [1.807, 2.05) is 18.2 Å². The number of anilines is 1. The van der Waals surface area contributed by atoms with Gasteiger partial charge in [0.2, 0.25) is 0 Å². The Kier molecular flexibility index (Phi) is 4.66. The Morgan fingerprint density at radius 2 is 2.42 bits per heavy atom. The number of methoxy groups -OCH3 is 1. The highest BCUT2D eigenvalue weighted by molar-refractivity contribution is 9.10. The first-order chi connectivity index (χ1) is 9.08. The molecule has 1 unspecified atom stereocenters. The van der Waals surface area contributed by atoms with Gasteiger partial charge in [-0.1, -0.05) is 22.0 Å². The fraction of sp³-hybridized carbons (Fsp3) is 0.462. The SMILES string of the molecule is COC(=O)NC1CCN(Cc2ccc(N)cc2Br)C1. The van der Waals surface area contributed by atoms with Gasteiger partial charge in [0.05, 0.1) is 7.11 Å². The van der Waals surface area contributed by atoms with Crippen LogP contribution in [0.4, 0.5) is 10.5 Å². The summed E-state index contributed by atoms with van der Waals surface area (Å²) < 4.78 is 5.63. The molecule has 6 heteroatoms. The van der Waals surface area contributed by atoms with Crippen LogP contribution in [0.15, 0.2) is 22.7 Å². The predicted molar refractivity (Wildman–Crippen MR) is 77.8 cm³/mol. The van der Waals surface area contributed by atoms with E-state index in [1.165, 1.54) is 12.7 Å². The van der Waals surface area contributed by atoms with Crippen LogP contribution in [-0.4, -0.2) is 37.2 Å². The fourth-order valence-corrected chi connectivity index (χ4v) is 2.77. The van der Waals surface area contributed by atoms with E-state index in [0.29, 0.717) is 0 Å². The molecule has 1 saturated heterocycles. The van der Waals surface area contributed by atoms with Crippen molar-refractivity contribution in [2.45, 2.75) is 19.0 Å². The van der Waals surface area contributed by atoms with Gasteiger partial charge in [0.15, 0.2) is 0 Å². The van der Waals surface area contributed by atoms with Gasteiger partial charge < -0.3 is 15.8 Å². The molecule has 1 amide bonds. The summed E-state index contributed by atoms with van der Waals surface area (Å²) in [6.07, 6.45) is 0.585. The number of nitrogen functional groups attached to an aromatic ring is 1. The molecular weight excluding hydrogens is 310 g/mol. The van der Waals surface area contributed by atoms with Gasteiger partial charge in [-0.25, -0.2) is 4.79 Å². The number of carbonyl (C=O) groups excluding carboxylic acids is 1. The van der Waals surface area contributed by atoms with Crippen LogP contribution in [0, 0.1) is 0 Å². The minimum absolute atomic E-state index is 0.167. The number of nitrogens with one attached hydrogen (secondary N) is 1. The smallest absolute Gasteiger partial charge is 0.407 e. The predicted octanol–water partition coefficient (Wildman–Crippen LogP) is 1.96. The number of nitrogens with zero attached hydrogens (tertiary/aromatic N) is 1. The maximum atomic E-state index is 11.2. The summed E-state index contributed by atoms with van der Waals surface area (Å²) in [6, 6.07) is 6.01. The Bertz CT molecular complexity index is 467. The van der Waals surface area contributed by atoms with E-state index in [4.69, 9.17) is 5.73 Å². The van der Waals surface area contributed by atoms with Crippen LogP contribution in [-0.2, 0) is 11.3 Å². The minimum atomic E-state index is -0.361. The molecule has 104 valence electrons. The van der Waals surface area contributed by atoms with Crippen LogP contribution in [0.5, 0.6) is 0 Å². The molecule has 3 N–H and O–H groups in total. The zero-order chi connectivity index (χ0) is 13.8. The number of alkyl carbamates (subject to hydrolysis) is 1. The summed E-state index contributed by atoms with van der Waals surface area (Å²) >= 11 is 3.52. The number of likely N-dealkylation sites (tertiary alicyclic amines) is 1. The zero-order valence-corrected chi connectivity index (χ0v) is 12.4. The minimum Gasteiger partial charge on any atom is -0.453 e. The van der Waals surface area contributed by atoms with E-state index in [2.05, 4.69) is 30.9 Å². The molecule has 0 aliphatic carbocycles. The molecular formula is C13H18BrN3O2. The molecule has 0 radical (unpaired) electrons. The van der Waals surface area contributed by atoms with Gasteiger partial charge in [0.1, 0.15) is 0 Å². The van der Waals surface area contributed by atoms with Gasteiger partial charge in [0, 0.05) is 35.8 Å². The first-order valence-electron chi connectivity index (χ1n) is 6.19. The van der Waals surface area contributed by atoms with Crippen molar-refractivity contribution in [1.29, 1.82) is 0 Å². The molecule has 1 aliphatic heterocycles. The van der Waals surface area contributed by atoms with E-state index < -0.39 is 0 Å². The van der Waals surface area contributed by atoms with E-state index in [0.717, 1.165) is 36.2 Å². The number of carbonyl (C=O) groups is 1. The average molecular weight is 328 g/mol. The van der Waals surface area contributed by atoms with Gasteiger partial charge in [-0.05, 0) is 24.1 Å². The Hall–Kier alpha value is -1.27. The van der Waals surface area contributed by atoms with Gasteiger partial charge in [-0.2, -0.15) is 0 Å². The lowest BCUT2D eigenvalue weighted by atomic mass is 10.2. The summed E-state index contributed by atoms with van der Waals surface area (Å²) in [5, 5.41) is 2.83. The third-order valence-corrected chi connectivity index (χ3v) is 3.99. The van der Waals surface area contributed by atoms with Crippen molar-refractivity contribution in [3.8, 4) is 0 Å². The Morgan fingerprint density at radius 3 is 3.11 bits per heavy atom. The second-order valence-corrected chi connectivity index (χ2v) is 5.56. The highest BCUT2D eigenvalue weighted by Gasteiger charge is 2.24. The maximum Gasteiger partial charge on any atom is 0.407 e. The monoisotopic (exact) mass is 327 g/mol. The van der Waals surface area contributed by atoms with Crippen LogP contribution in [0.2, 0.25) is 0 Å². The lowest BCUT2D eigenvalue weighted by molar-refractivity contribution is 0.166. The average Bonchev–Trinajstić information content (AvgIpc) is 2.80. The number of nitrogens with two attached hydrogens (primary N) is 1. The van der Waals surface area contributed by atoms with Crippen LogP contribution in [0.25, 0.3) is 0 Å². The highest BCUT2D eigenvalue weighted by atomic mass is 79.9. The Balaban J connectivity index is 1.89. The lowest BCUT2D eigenvalue weighted by Gasteiger charge is -2.17. The zero-order valence-electron chi connectivity index (χ0n) is 10.9. The molecule has 1 aromatic carbocycles. The van der Waals surface area contributed by atoms with Crippen molar-refractivity contribution in [3.63, 3.8) is 0 Å². The van der Waals surface area contributed by atoms with Crippen molar-refractivity contribution in [2.24, 2.45) is 0 Å². The molecule has 0 saturated carbocycles. The van der Waals surface area contributed by atoms with E-state index in [1.54, 1.807) is 0 Å². The Morgan fingerprint density at radius 1 is 1.63 bits per heavy atom. The number of hydrogen-bond acceptors (Lipinski definition) is 4. The van der Waals surface area contributed by atoms with Gasteiger partial charge in [0.25, 0.3) is 0 Å². The topological polar surface area (TPSA) is 67.6 Å². The molecule has 0 spiro atoms. The third kappa shape index (κ3) is 3.84. The molecule has 1 heterocycles. The molecule has 1 aliphatic rings. The first-order valence-corrected chi connectivity index (χ1v) is 6.98. The molecule has 2 rings (SSSR count). The second kappa shape index (κ2) is 6.25. The second-order valence-electron chi connectivity index (χ2n) is 4.71. The standard InChI is InChI=1S/C13H18BrN3O2/c1-19-13(18)16-11-4-5-17(8-11)7-9-2-3-10(15)6-12(9)14/h2-3,6,11H,4-5,7-8,15H2,1H3,(H,16,18). The first kappa shape index (κ1) is 14.1. The number of rotatable bonds is 3. The number of hydrogen-bond donors (Lipinski definition) is 2. The normalized spacial score (nSPS) is 19.4. The molecule has 1 atom stereocenters. The van der Waals surface area contributed by atoms with Gasteiger partial charge in [-0.3, -0.25) is 4.90 Å². The van der Waals surface area contributed by atoms with Crippen LogP contribution in [0.3, 0.4) is 0 Å². The molecule has 5 nitrogen and oxygen atoms in total. The van der Waals surface area contributed by atoms with Crippen molar-refractivity contribution >= 4 is 27.7 Å². The maximum absolute atomic E-state index is 11.2. The van der Waals surface area contributed by atoms with Crippen molar-refractivity contribution in [3.05, 3.63) is 28.2 Å². The summed E-state index contributed by atoms with van der Waals surface area (Å²) in [4.78, 5) is 13.5. The molecule has 19 heavy (non-hydrogen) atoms. The molecule has 0 aromatic heterocycles. The van der Waals surface area contributed by atoms with E-state index in [9.17, 15) is 4.79 Å². The van der Waals surface area contributed by atoms with Crippen LogP contribution < -0.4 is 11.1 Å². The van der Waals surface area contributed by atoms with E-state index >= 15 is 0 Å². The molecule has 1 aromatic rings. The van der Waals surface area contributed by atoms with Crippen molar-refractivity contribution < 1.29 is 9.53 Å². The van der Waals surface area contributed by atoms with Crippen LogP contribution >= 0.6 is 15.9 Å². The lowest BCUT2D eigenvalue weighted by Crippen LogP contribution is -2.36.